The maximum absolute atomic E-state index is 12.7. The number of halogens is 2. The van der Waals surface area contributed by atoms with Gasteiger partial charge in [0.1, 0.15) is 0 Å². The minimum atomic E-state index is -0.598. The first-order valence-electron chi connectivity index (χ1n) is 8.53. The van der Waals surface area contributed by atoms with Gasteiger partial charge in [-0.25, -0.2) is 0 Å². The molecule has 1 fully saturated rings. The number of hydrogen-bond acceptors (Lipinski definition) is 3. The van der Waals surface area contributed by atoms with Gasteiger partial charge in [0.05, 0.1) is 5.02 Å². The van der Waals surface area contributed by atoms with E-state index in [9.17, 15) is 14.4 Å². The summed E-state index contributed by atoms with van der Waals surface area (Å²) < 4.78 is 0.662. The molecule has 27 heavy (non-hydrogen) atoms. The second-order valence-electron chi connectivity index (χ2n) is 6.42. The largest absolute Gasteiger partial charge is 0.335 e. The maximum atomic E-state index is 12.7. The first kappa shape index (κ1) is 19.6. The standard InChI is InChI=1S/C20H18BrClN2O3/c1-13-12-23(19(26)14-5-3-2-4-6-14)9-10-24(13)20(27)18(25)15-7-8-16(21)17(22)11-15/h2-8,11,13H,9-10,12H2,1H3/t13-/m1/s1. The molecule has 0 unspecified atom stereocenters. The van der Waals surface area contributed by atoms with Crippen LogP contribution in [0.3, 0.4) is 0 Å². The summed E-state index contributed by atoms with van der Waals surface area (Å²) in [6.07, 6.45) is 0. The van der Waals surface area contributed by atoms with Crippen LogP contribution in [0.4, 0.5) is 0 Å². The van der Waals surface area contributed by atoms with Crippen LogP contribution >= 0.6 is 27.5 Å². The Morgan fingerprint density at radius 2 is 1.74 bits per heavy atom. The molecule has 0 spiro atoms. The maximum Gasteiger partial charge on any atom is 0.295 e. The molecule has 0 N–H and O–H groups in total. The van der Waals surface area contributed by atoms with Crippen molar-refractivity contribution in [2.24, 2.45) is 0 Å². The Balaban J connectivity index is 1.68. The average molecular weight is 450 g/mol. The Hall–Kier alpha value is -2.18. The lowest BCUT2D eigenvalue weighted by atomic mass is 10.1. The Labute approximate surface area is 171 Å². The summed E-state index contributed by atoms with van der Waals surface area (Å²) in [6, 6.07) is 13.5. The van der Waals surface area contributed by atoms with Crippen LogP contribution in [0, 0.1) is 0 Å². The molecule has 0 radical (unpaired) electrons. The quantitative estimate of drug-likeness (QED) is 0.531. The molecule has 0 bridgehead atoms. The fraction of sp³-hybridized carbons (Fsp3) is 0.250. The summed E-state index contributed by atoms with van der Waals surface area (Å²) in [7, 11) is 0. The van der Waals surface area contributed by atoms with Crippen molar-refractivity contribution in [3.8, 4) is 0 Å². The number of amides is 2. The molecule has 0 aliphatic carbocycles. The van der Waals surface area contributed by atoms with Gasteiger partial charge in [-0.15, -0.1) is 0 Å². The van der Waals surface area contributed by atoms with Crippen LogP contribution in [0.2, 0.25) is 5.02 Å². The van der Waals surface area contributed by atoms with Crippen LogP contribution in [0.25, 0.3) is 0 Å². The highest BCUT2D eigenvalue weighted by Gasteiger charge is 2.33. The fourth-order valence-electron chi connectivity index (χ4n) is 3.10. The Morgan fingerprint density at radius 3 is 2.37 bits per heavy atom. The molecule has 1 aliphatic heterocycles. The fourth-order valence-corrected chi connectivity index (χ4v) is 3.53. The van der Waals surface area contributed by atoms with Crippen LogP contribution in [0.5, 0.6) is 0 Å². The van der Waals surface area contributed by atoms with Gasteiger partial charge >= 0.3 is 0 Å². The second-order valence-corrected chi connectivity index (χ2v) is 7.68. The smallest absolute Gasteiger partial charge is 0.295 e. The summed E-state index contributed by atoms with van der Waals surface area (Å²) in [5, 5.41) is 0.375. The molecule has 1 saturated heterocycles. The van der Waals surface area contributed by atoms with E-state index >= 15 is 0 Å². The molecule has 2 amide bonds. The van der Waals surface area contributed by atoms with Crippen LogP contribution in [-0.4, -0.2) is 53.1 Å². The Kier molecular flexibility index (Phi) is 5.97. The summed E-state index contributed by atoms with van der Waals surface area (Å²) in [5.74, 6) is -1.24. The molecule has 3 rings (SSSR count). The van der Waals surface area contributed by atoms with Crippen molar-refractivity contribution in [3.05, 3.63) is 69.2 Å². The van der Waals surface area contributed by atoms with E-state index in [4.69, 9.17) is 11.6 Å². The minimum Gasteiger partial charge on any atom is -0.335 e. The molecule has 0 aromatic heterocycles. The molecule has 5 nitrogen and oxygen atoms in total. The van der Waals surface area contributed by atoms with Crippen LogP contribution in [0.15, 0.2) is 53.0 Å². The predicted molar refractivity (Wildman–Crippen MR) is 107 cm³/mol. The van der Waals surface area contributed by atoms with E-state index in [1.807, 2.05) is 25.1 Å². The molecule has 1 aliphatic rings. The van der Waals surface area contributed by atoms with Gasteiger partial charge in [0.25, 0.3) is 11.8 Å². The lowest BCUT2D eigenvalue weighted by Crippen LogP contribution is -2.56. The number of ketones is 1. The van der Waals surface area contributed by atoms with Crippen molar-refractivity contribution in [2.75, 3.05) is 19.6 Å². The lowest BCUT2D eigenvalue weighted by molar-refractivity contribution is -0.130. The zero-order valence-electron chi connectivity index (χ0n) is 14.7. The zero-order valence-corrected chi connectivity index (χ0v) is 17.0. The number of Topliss-reactive ketones (excluding diaryl/α,β-unsaturated/α-hetero) is 1. The summed E-state index contributed by atoms with van der Waals surface area (Å²) >= 11 is 9.29. The first-order chi connectivity index (χ1) is 12.9. The van der Waals surface area contributed by atoms with E-state index < -0.39 is 11.7 Å². The minimum absolute atomic E-state index is 0.0689. The highest BCUT2D eigenvalue weighted by atomic mass is 79.9. The summed E-state index contributed by atoms with van der Waals surface area (Å²) in [4.78, 5) is 41.0. The molecule has 1 heterocycles. The van der Waals surface area contributed by atoms with Crippen molar-refractivity contribution in [2.45, 2.75) is 13.0 Å². The Bertz CT molecular complexity index is 888. The van der Waals surface area contributed by atoms with Gasteiger partial charge < -0.3 is 9.80 Å². The van der Waals surface area contributed by atoms with Crippen molar-refractivity contribution in [3.63, 3.8) is 0 Å². The molecular weight excluding hydrogens is 432 g/mol. The molecule has 140 valence electrons. The van der Waals surface area contributed by atoms with E-state index in [1.54, 1.807) is 29.2 Å². The van der Waals surface area contributed by atoms with Gasteiger partial charge in [0.15, 0.2) is 0 Å². The van der Waals surface area contributed by atoms with E-state index in [2.05, 4.69) is 15.9 Å². The van der Waals surface area contributed by atoms with Crippen LogP contribution in [-0.2, 0) is 4.79 Å². The SMILES string of the molecule is C[C@@H]1CN(C(=O)c2ccccc2)CCN1C(=O)C(=O)c1ccc(Br)c(Cl)c1. The first-order valence-corrected chi connectivity index (χ1v) is 9.70. The molecule has 0 saturated carbocycles. The normalized spacial score (nSPS) is 16.9. The molecular formula is C20H18BrClN2O3. The number of benzene rings is 2. The van der Waals surface area contributed by atoms with Crippen LogP contribution < -0.4 is 0 Å². The highest BCUT2D eigenvalue weighted by Crippen LogP contribution is 2.24. The van der Waals surface area contributed by atoms with Crippen molar-refractivity contribution >= 4 is 45.1 Å². The monoisotopic (exact) mass is 448 g/mol. The second kappa shape index (κ2) is 8.23. The molecule has 1 atom stereocenters. The molecule has 2 aromatic carbocycles. The third-order valence-electron chi connectivity index (χ3n) is 4.57. The van der Waals surface area contributed by atoms with Gasteiger partial charge in [-0.3, -0.25) is 14.4 Å². The lowest BCUT2D eigenvalue weighted by Gasteiger charge is -2.39. The van der Waals surface area contributed by atoms with Gasteiger partial charge in [0.2, 0.25) is 5.78 Å². The Morgan fingerprint density at radius 1 is 1.04 bits per heavy atom. The number of piperazine rings is 1. The van der Waals surface area contributed by atoms with Crippen molar-refractivity contribution in [1.29, 1.82) is 0 Å². The van der Waals surface area contributed by atoms with E-state index in [0.29, 0.717) is 34.7 Å². The zero-order chi connectivity index (χ0) is 19.6. The summed E-state index contributed by atoms with van der Waals surface area (Å²) in [6.45, 7) is 2.92. The third kappa shape index (κ3) is 4.22. The summed E-state index contributed by atoms with van der Waals surface area (Å²) in [5.41, 5.74) is 0.869. The van der Waals surface area contributed by atoms with Gasteiger partial charge in [0, 0.05) is 41.3 Å². The number of carbonyl (C=O) groups is 3. The number of nitrogens with zero attached hydrogens (tertiary/aromatic N) is 2. The van der Waals surface area contributed by atoms with E-state index in [0.717, 1.165) is 0 Å². The van der Waals surface area contributed by atoms with Crippen LogP contribution in [0.1, 0.15) is 27.6 Å². The topological polar surface area (TPSA) is 57.7 Å². The third-order valence-corrected chi connectivity index (χ3v) is 5.80. The predicted octanol–water partition coefficient (Wildman–Crippen LogP) is 3.66. The van der Waals surface area contributed by atoms with E-state index in [-0.39, 0.29) is 17.5 Å². The van der Waals surface area contributed by atoms with Crippen molar-refractivity contribution < 1.29 is 14.4 Å². The van der Waals surface area contributed by atoms with Gasteiger partial charge in [-0.2, -0.15) is 0 Å². The number of rotatable bonds is 3. The number of hydrogen-bond donors (Lipinski definition) is 0. The van der Waals surface area contributed by atoms with E-state index in [1.165, 1.54) is 11.0 Å². The molecule has 2 aromatic rings. The number of carbonyl (C=O) groups excluding carboxylic acids is 3. The highest BCUT2D eigenvalue weighted by molar-refractivity contribution is 9.10. The average Bonchev–Trinajstić information content (AvgIpc) is 2.69. The molecule has 7 heteroatoms. The van der Waals surface area contributed by atoms with Crippen molar-refractivity contribution in [1.82, 2.24) is 9.80 Å². The van der Waals surface area contributed by atoms with Gasteiger partial charge in [-0.1, -0.05) is 29.8 Å². The van der Waals surface area contributed by atoms with Gasteiger partial charge in [-0.05, 0) is 53.2 Å².